The largest absolute Gasteiger partial charge is 0.411 e. The van der Waals surface area contributed by atoms with Crippen molar-refractivity contribution >= 4 is 34.0 Å². The number of nitrogens with zero attached hydrogens (tertiary/aromatic N) is 7. The molecule has 0 aromatic carbocycles. The van der Waals surface area contributed by atoms with Gasteiger partial charge in [0.15, 0.2) is 0 Å². The van der Waals surface area contributed by atoms with Crippen molar-refractivity contribution in [2.75, 3.05) is 6.54 Å². The van der Waals surface area contributed by atoms with Gasteiger partial charge in [-0.1, -0.05) is 12.1 Å². The maximum Gasteiger partial charge on any atom is 0.312 e. The van der Waals surface area contributed by atoms with Crippen molar-refractivity contribution in [3.05, 3.63) is 81.2 Å². The number of imidazole rings is 1. The van der Waals surface area contributed by atoms with Crippen LogP contribution in [0.5, 0.6) is 0 Å². The third-order valence-electron chi connectivity index (χ3n) is 5.74. The van der Waals surface area contributed by atoms with E-state index in [0.717, 1.165) is 31.9 Å². The number of amides is 1. The van der Waals surface area contributed by atoms with Crippen LogP contribution in [0.15, 0.2) is 53.3 Å². The summed E-state index contributed by atoms with van der Waals surface area (Å²) in [5, 5.41) is 12.9. The molecule has 0 saturated heterocycles. The molecule has 0 fully saturated rings. The molecule has 5 aromatic rings. The van der Waals surface area contributed by atoms with E-state index >= 15 is 0 Å². The fraction of sp³-hybridized carbons (Fsp3) is 0.182. The van der Waals surface area contributed by atoms with Crippen LogP contribution in [0.4, 0.5) is 0 Å². The minimum absolute atomic E-state index is 0.0858. The van der Waals surface area contributed by atoms with Crippen LogP contribution in [0.3, 0.4) is 0 Å². The summed E-state index contributed by atoms with van der Waals surface area (Å²) in [6.45, 7) is 2.36. The Bertz CT molecular complexity index is 1500. The summed E-state index contributed by atoms with van der Waals surface area (Å²) in [5.41, 5.74) is 4.87. The van der Waals surface area contributed by atoms with E-state index in [4.69, 9.17) is 9.52 Å². The lowest BCUT2D eigenvalue weighted by Crippen LogP contribution is -2.41. The minimum Gasteiger partial charge on any atom is -0.411 e. The maximum atomic E-state index is 13.6. The predicted molar refractivity (Wildman–Crippen MR) is 125 cm³/mol. The Morgan fingerprint density at radius 2 is 2.12 bits per heavy atom. The molecule has 0 bridgehead atoms. The second-order valence-electron chi connectivity index (χ2n) is 7.75. The average molecular weight is 552 g/mol. The molecule has 164 valence electrons. The topological polar surface area (TPSA) is 118 Å². The highest BCUT2D eigenvalue weighted by Gasteiger charge is 2.38. The highest BCUT2D eigenvalue weighted by molar-refractivity contribution is 14.1. The Hall–Kier alpha value is -3.61. The summed E-state index contributed by atoms with van der Waals surface area (Å²) >= 11 is 2.24. The van der Waals surface area contributed by atoms with E-state index in [1.165, 1.54) is 0 Å². The van der Waals surface area contributed by atoms with Crippen LogP contribution >= 0.6 is 22.6 Å². The van der Waals surface area contributed by atoms with E-state index in [-0.39, 0.29) is 17.7 Å². The van der Waals surface area contributed by atoms with Crippen molar-refractivity contribution in [3.63, 3.8) is 0 Å². The molecule has 1 amide bonds. The van der Waals surface area contributed by atoms with Crippen molar-refractivity contribution in [2.24, 2.45) is 0 Å². The van der Waals surface area contributed by atoms with E-state index in [9.17, 15) is 4.79 Å². The molecule has 5 aromatic heterocycles. The molecule has 1 aliphatic rings. The number of rotatable bonds is 3. The van der Waals surface area contributed by atoms with Crippen LogP contribution in [0.1, 0.15) is 39.4 Å². The molecule has 0 unspecified atom stereocenters. The second kappa shape index (κ2) is 7.76. The first kappa shape index (κ1) is 20.0. The lowest BCUT2D eigenvalue weighted by Gasteiger charge is -2.32. The third kappa shape index (κ3) is 3.30. The summed E-state index contributed by atoms with van der Waals surface area (Å²) < 4.78 is 8.59. The Balaban J connectivity index is 1.41. The third-order valence-corrected chi connectivity index (χ3v) is 6.56. The minimum atomic E-state index is -0.477. The van der Waals surface area contributed by atoms with Crippen LogP contribution in [0, 0.1) is 10.6 Å². The van der Waals surface area contributed by atoms with Crippen LogP contribution in [-0.4, -0.2) is 52.1 Å². The van der Waals surface area contributed by atoms with Gasteiger partial charge < -0.3 is 14.3 Å². The van der Waals surface area contributed by atoms with Gasteiger partial charge in [-0.25, -0.2) is 9.50 Å². The molecule has 1 atom stereocenters. The lowest BCUT2D eigenvalue weighted by atomic mass is 9.99. The van der Waals surface area contributed by atoms with Crippen molar-refractivity contribution in [1.29, 1.82) is 0 Å². The highest BCUT2D eigenvalue weighted by Crippen LogP contribution is 2.34. The fourth-order valence-electron chi connectivity index (χ4n) is 4.17. The van der Waals surface area contributed by atoms with E-state index in [1.54, 1.807) is 17.4 Å². The van der Waals surface area contributed by atoms with Crippen molar-refractivity contribution in [2.45, 2.75) is 19.4 Å². The average Bonchev–Trinajstić information content (AvgIpc) is 3.57. The number of hydrogen-bond acceptors (Lipinski definition) is 7. The first-order chi connectivity index (χ1) is 16.1. The van der Waals surface area contributed by atoms with E-state index in [0.29, 0.717) is 18.7 Å². The number of carbonyl (C=O) groups excluding carboxylic acids is 1. The van der Waals surface area contributed by atoms with Crippen LogP contribution in [0.25, 0.3) is 17.1 Å². The zero-order valence-corrected chi connectivity index (χ0v) is 19.6. The zero-order valence-electron chi connectivity index (χ0n) is 17.4. The van der Waals surface area contributed by atoms with Gasteiger partial charge in [0.05, 0.1) is 23.2 Å². The van der Waals surface area contributed by atoms with Gasteiger partial charge in [-0.05, 0) is 59.3 Å². The molecule has 11 heteroatoms. The Morgan fingerprint density at radius 1 is 1.21 bits per heavy atom. The Morgan fingerprint density at radius 3 is 2.97 bits per heavy atom. The smallest absolute Gasteiger partial charge is 0.312 e. The van der Waals surface area contributed by atoms with Crippen molar-refractivity contribution < 1.29 is 9.21 Å². The number of aromatic nitrogens is 7. The summed E-state index contributed by atoms with van der Waals surface area (Å²) in [6.07, 6.45) is 3.95. The second-order valence-corrected chi connectivity index (χ2v) is 8.86. The number of pyridine rings is 2. The van der Waals surface area contributed by atoms with Gasteiger partial charge in [0.25, 0.3) is 5.89 Å². The number of carbonyl (C=O) groups is 1. The number of H-pyrrole nitrogens is 1. The molecule has 1 aliphatic heterocycles. The SMILES string of the molecule is Cc1cccnc1-c1nnc(C(=O)N2CCc3[nH]cnc3[C@@H]2c2cc3cccc(I)n3n2)o1. The maximum absolute atomic E-state index is 13.6. The summed E-state index contributed by atoms with van der Waals surface area (Å²) in [7, 11) is 0. The molecule has 0 aliphatic carbocycles. The van der Waals surface area contributed by atoms with Gasteiger partial charge in [-0.2, -0.15) is 5.10 Å². The van der Waals surface area contributed by atoms with E-state index < -0.39 is 6.04 Å². The van der Waals surface area contributed by atoms with Crippen molar-refractivity contribution in [1.82, 2.24) is 39.7 Å². The number of hydrogen-bond donors (Lipinski definition) is 1. The van der Waals surface area contributed by atoms with Gasteiger partial charge in [-0.3, -0.25) is 9.78 Å². The first-order valence-electron chi connectivity index (χ1n) is 10.3. The summed E-state index contributed by atoms with van der Waals surface area (Å²) in [6, 6.07) is 11.2. The number of aromatic amines is 1. The van der Waals surface area contributed by atoms with E-state index in [1.807, 2.05) is 47.8 Å². The molecular weight excluding hydrogens is 535 g/mol. The normalized spacial score (nSPS) is 15.7. The van der Waals surface area contributed by atoms with E-state index in [2.05, 4.69) is 47.7 Å². The highest BCUT2D eigenvalue weighted by atomic mass is 127. The molecule has 1 N–H and O–H groups in total. The number of fused-ring (bicyclic) bond motifs is 2. The standard InChI is InChI=1S/C22H17IN8O2/c1-12-4-3-8-24-17(12)20-27-28-21(33-20)22(32)30-9-7-14-18(26-11-25-14)19(30)15-10-13-5-2-6-16(23)31(13)29-15/h2-6,8,10-11,19H,7,9H2,1H3,(H,25,26)/t19-/m0/s1. The zero-order chi connectivity index (χ0) is 22.5. The van der Waals surface area contributed by atoms with Crippen LogP contribution < -0.4 is 0 Å². The molecule has 6 rings (SSSR count). The monoisotopic (exact) mass is 552 g/mol. The summed E-state index contributed by atoms with van der Waals surface area (Å²) in [4.78, 5) is 27.3. The molecule has 0 spiro atoms. The predicted octanol–water partition coefficient (Wildman–Crippen LogP) is 3.20. The quantitative estimate of drug-likeness (QED) is 0.270. The Labute approximate surface area is 201 Å². The van der Waals surface area contributed by atoms with Gasteiger partial charge in [0.2, 0.25) is 0 Å². The van der Waals surface area contributed by atoms with Gasteiger partial charge in [0, 0.05) is 24.9 Å². The molecule has 0 radical (unpaired) electrons. The van der Waals surface area contributed by atoms with Crippen molar-refractivity contribution in [3.8, 4) is 11.6 Å². The van der Waals surface area contributed by atoms with Crippen LogP contribution in [0.2, 0.25) is 0 Å². The first-order valence-corrected chi connectivity index (χ1v) is 11.4. The number of aryl methyl sites for hydroxylation is 1. The fourth-order valence-corrected chi connectivity index (χ4v) is 4.76. The molecule has 6 heterocycles. The molecule has 33 heavy (non-hydrogen) atoms. The van der Waals surface area contributed by atoms with Gasteiger partial charge in [0.1, 0.15) is 15.4 Å². The Kier molecular flexibility index (Phi) is 4.71. The van der Waals surface area contributed by atoms with Crippen LogP contribution in [-0.2, 0) is 6.42 Å². The summed E-state index contributed by atoms with van der Waals surface area (Å²) in [5.74, 6) is -0.238. The van der Waals surface area contributed by atoms with Gasteiger partial charge in [-0.15, -0.1) is 10.2 Å². The molecule has 0 saturated carbocycles. The molecular formula is C22H17IN8O2. The molecule has 10 nitrogen and oxygen atoms in total. The number of halogens is 1. The van der Waals surface area contributed by atoms with Gasteiger partial charge >= 0.3 is 11.8 Å². The number of nitrogens with one attached hydrogen (secondary N) is 1. The lowest BCUT2D eigenvalue weighted by molar-refractivity contribution is 0.0646.